The van der Waals surface area contributed by atoms with Gasteiger partial charge < -0.3 is 13.9 Å². The zero-order valence-corrected chi connectivity index (χ0v) is 15.4. The molecule has 0 unspecified atom stereocenters. The van der Waals surface area contributed by atoms with Gasteiger partial charge >= 0.3 is 0 Å². The van der Waals surface area contributed by atoms with Crippen molar-refractivity contribution in [3.63, 3.8) is 0 Å². The lowest BCUT2D eigenvalue weighted by molar-refractivity contribution is 0.0846. The van der Waals surface area contributed by atoms with Crippen LogP contribution in [0.25, 0.3) is 5.65 Å². The van der Waals surface area contributed by atoms with Crippen molar-refractivity contribution in [2.24, 2.45) is 0 Å². The fourth-order valence-corrected chi connectivity index (χ4v) is 3.48. The highest BCUT2D eigenvalue weighted by molar-refractivity contribution is 5.96. The molecule has 1 aliphatic heterocycles. The summed E-state index contributed by atoms with van der Waals surface area (Å²) in [6.07, 6.45) is 7.89. The maximum atomic E-state index is 12.6. The lowest BCUT2D eigenvalue weighted by Gasteiger charge is -2.19. The Kier molecular flexibility index (Phi) is 5.16. The summed E-state index contributed by atoms with van der Waals surface area (Å²) >= 11 is 0. The van der Waals surface area contributed by atoms with Crippen molar-refractivity contribution in [2.45, 2.75) is 32.1 Å². The molecule has 27 heavy (non-hydrogen) atoms. The minimum absolute atomic E-state index is 0.0272. The molecule has 6 heteroatoms. The van der Waals surface area contributed by atoms with E-state index in [2.05, 4.69) is 11.2 Å². The van der Waals surface area contributed by atoms with E-state index in [4.69, 9.17) is 14.5 Å². The first-order valence-electron chi connectivity index (χ1n) is 9.41. The standard InChI is InChI=1S/C21H23N3O3/c1-2-27-20-12-21-23-18(15-6-9-26-10-7-15)14-24(21)13-16(20)11-19(25)17-5-3-4-8-22-17/h3-5,8,12-15H,2,6-7,9-11H2,1H3. The van der Waals surface area contributed by atoms with Crippen molar-refractivity contribution >= 4 is 11.4 Å². The van der Waals surface area contributed by atoms with Crippen LogP contribution in [-0.2, 0) is 11.2 Å². The maximum Gasteiger partial charge on any atom is 0.185 e. The minimum Gasteiger partial charge on any atom is -0.493 e. The largest absolute Gasteiger partial charge is 0.493 e. The van der Waals surface area contributed by atoms with Crippen molar-refractivity contribution < 1.29 is 14.3 Å². The smallest absolute Gasteiger partial charge is 0.185 e. The first-order chi connectivity index (χ1) is 13.2. The predicted molar refractivity (Wildman–Crippen MR) is 101 cm³/mol. The van der Waals surface area contributed by atoms with Gasteiger partial charge in [-0.1, -0.05) is 6.07 Å². The lowest BCUT2D eigenvalue weighted by Crippen LogP contribution is -2.14. The monoisotopic (exact) mass is 365 g/mol. The average molecular weight is 365 g/mol. The molecule has 0 N–H and O–H groups in total. The van der Waals surface area contributed by atoms with E-state index < -0.39 is 0 Å². The van der Waals surface area contributed by atoms with Crippen LogP contribution in [0, 0.1) is 0 Å². The molecule has 0 spiro atoms. The highest BCUT2D eigenvalue weighted by Crippen LogP contribution is 2.29. The molecule has 3 aromatic heterocycles. The molecule has 0 atom stereocenters. The number of pyridine rings is 2. The van der Waals surface area contributed by atoms with Crippen LogP contribution in [0.4, 0.5) is 0 Å². The number of Topliss-reactive ketones (excluding diaryl/α,β-unsaturated/α-hetero) is 1. The minimum atomic E-state index is -0.0272. The SMILES string of the molecule is CCOc1cc2nc(C3CCOCC3)cn2cc1CC(=O)c1ccccn1. The van der Waals surface area contributed by atoms with Gasteiger partial charge in [-0.15, -0.1) is 0 Å². The van der Waals surface area contributed by atoms with Gasteiger partial charge in [-0.2, -0.15) is 0 Å². The summed E-state index contributed by atoms with van der Waals surface area (Å²) in [6, 6.07) is 7.29. The number of fused-ring (bicyclic) bond motifs is 1. The zero-order valence-electron chi connectivity index (χ0n) is 15.4. The van der Waals surface area contributed by atoms with Gasteiger partial charge in [-0.25, -0.2) is 4.98 Å². The van der Waals surface area contributed by atoms with Gasteiger partial charge in [0.05, 0.1) is 12.3 Å². The third-order valence-corrected chi connectivity index (χ3v) is 4.89. The van der Waals surface area contributed by atoms with E-state index in [1.807, 2.05) is 29.7 Å². The summed E-state index contributed by atoms with van der Waals surface area (Å²) < 4.78 is 13.2. The van der Waals surface area contributed by atoms with Crippen LogP contribution in [0.2, 0.25) is 0 Å². The molecule has 0 saturated carbocycles. The number of hydrogen-bond acceptors (Lipinski definition) is 5. The summed E-state index contributed by atoms with van der Waals surface area (Å²) in [4.78, 5) is 21.5. The molecule has 0 amide bonds. The molecule has 4 heterocycles. The molecular formula is C21H23N3O3. The molecule has 1 aliphatic rings. The summed E-state index contributed by atoms with van der Waals surface area (Å²) in [5, 5.41) is 0. The van der Waals surface area contributed by atoms with Gasteiger partial charge in [-0.3, -0.25) is 9.78 Å². The van der Waals surface area contributed by atoms with Crippen molar-refractivity contribution in [3.8, 4) is 5.75 Å². The molecule has 1 fully saturated rings. The molecular weight excluding hydrogens is 342 g/mol. The number of ether oxygens (including phenoxy) is 2. The summed E-state index contributed by atoms with van der Waals surface area (Å²) in [6.45, 7) is 4.04. The molecule has 0 aromatic carbocycles. The van der Waals surface area contributed by atoms with Gasteiger partial charge in [0.2, 0.25) is 0 Å². The van der Waals surface area contributed by atoms with E-state index in [1.54, 1.807) is 18.3 Å². The Bertz CT molecular complexity index is 930. The van der Waals surface area contributed by atoms with Crippen LogP contribution in [0.1, 0.15) is 47.4 Å². The van der Waals surface area contributed by atoms with E-state index in [9.17, 15) is 4.79 Å². The Morgan fingerprint density at radius 1 is 1.30 bits per heavy atom. The second-order valence-electron chi connectivity index (χ2n) is 6.73. The number of aromatic nitrogens is 3. The molecule has 3 aromatic rings. The molecule has 0 radical (unpaired) electrons. The van der Waals surface area contributed by atoms with E-state index >= 15 is 0 Å². The van der Waals surface area contributed by atoms with Crippen molar-refractivity contribution in [2.75, 3.05) is 19.8 Å². The third-order valence-electron chi connectivity index (χ3n) is 4.89. The molecule has 0 aliphatic carbocycles. The van der Waals surface area contributed by atoms with Crippen LogP contribution in [-0.4, -0.2) is 40.0 Å². The number of nitrogens with zero attached hydrogens (tertiary/aromatic N) is 3. The average Bonchev–Trinajstić information content (AvgIpc) is 3.12. The van der Waals surface area contributed by atoms with Gasteiger partial charge in [0.15, 0.2) is 5.78 Å². The third kappa shape index (κ3) is 3.85. The normalized spacial score (nSPS) is 15.1. The Labute approximate surface area is 158 Å². The van der Waals surface area contributed by atoms with E-state index in [0.29, 0.717) is 24.0 Å². The van der Waals surface area contributed by atoms with Gasteiger partial charge in [0.25, 0.3) is 0 Å². The topological polar surface area (TPSA) is 65.7 Å². The number of imidazole rings is 1. The lowest BCUT2D eigenvalue weighted by atomic mass is 9.97. The highest BCUT2D eigenvalue weighted by atomic mass is 16.5. The molecule has 4 rings (SSSR count). The summed E-state index contributed by atoms with van der Waals surface area (Å²) in [7, 11) is 0. The number of hydrogen-bond donors (Lipinski definition) is 0. The highest BCUT2D eigenvalue weighted by Gasteiger charge is 2.20. The van der Waals surface area contributed by atoms with E-state index in [0.717, 1.165) is 43.0 Å². The van der Waals surface area contributed by atoms with Crippen molar-refractivity contribution in [1.29, 1.82) is 0 Å². The van der Waals surface area contributed by atoms with Gasteiger partial charge in [0.1, 0.15) is 17.1 Å². The van der Waals surface area contributed by atoms with Gasteiger partial charge in [0, 0.05) is 55.8 Å². The Balaban J connectivity index is 1.66. The molecule has 1 saturated heterocycles. The fourth-order valence-electron chi connectivity index (χ4n) is 3.48. The maximum absolute atomic E-state index is 12.6. The quantitative estimate of drug-likeness (QED) is 0.626. The van der Waals surface area contributed by atoms with E-state index in [1.165, 1.54) is 0 Å². The van der Waals surface area contributed by atoms with Crippen LogP contribution >= 0.6 is 0 Å². The van der Waals surface area contributed by atoms with Crippen LogP contribution in [0.3, 0.4) is 0 Å². The number of carbonyl (C=O) groups excluding carboxylic acids is 1. The van der Waals surface area contributed by atoms with Crippen LogP contribution < -0.4 is 4.74 Å². The molecule has 6 nitrogen and oxygen atoms in total. The summed E-state index contributed by atoms with van der Waals surface area (Å²) in [5.74, 6) is 1.10. The van der Waals surface area contributed by atoms with Crippen LogP contribution in [0.5, 0.6) is 5.75 Å². The zero-order chi connectivity index (χ0) is 18.6. The first-order valence-corrected chi connectivity index (χ1v) is 9.41. The number of rotatable bonds is 6. The van der Waals surface area contributed by atoms with Gasteiger partial charge in [-0.05, 0) is 31.9 Å². The van der Waals surface area contributed by atoms with Crippen LogP contribution in [0.15, 0.2) is 42.9 Å². The predicted octanol–water partition coefficient (Wildman–Crippen LogP) is 3.45. The van der Waals surface area contributed by atoms with Crippen molar-refractivity contribution in [3.05, 3.63) is 59.8 Å². The number of ketones is 1. The second kappa shape index (κ2) is 7.88. The second-order valence-corrected chi connectivity index (χ2v) is 6.73. The van der Waals surface area contributed by atoms with Crippen molar-refractivity contribution in [1.82, 2.24) is 14.4 Å². The molecule has 0 bridgehead atoms. The fraction of sp³-hybridized carbons (Fsp3) is 0.381. The molecule has 140 valence electrons. The Morgan fingerprint density at radius 2 is 2.15 bits per heavy atom. The summed E-state index contributed by atoms with van der Waals surface area (Å²) in [5.41, 5.74) is 3.23. The Morgan fingerprint density at radius 3 is 2.89 bits per heavy atom. The Hall–Kier alpha value is -2.73. The number of carbonyl (C=O) groups is 1. The first kappa shape index (κ1) is 17.7. The van der Waals surface area contributed by atoms with E-state index in [-0.39, 0.29) is 12.2 Å².